The van der Waals surface area contributed by atoms with E-state index in [4.69, 9.17) is 14.6 Å². The summed E-state index contributed by atoms with van der Waals surface area (Å²) in [6.07, 6.45) is 0.648. The van der Waals surface area contributed by atoms with Gasteiger partial charge in [-0.25, -0.2) is 4.79 Å². The fourth-order valence-electron chi connectivity index (χ4n) is 2.98. The van der Waals surface area contributed by atoms with Gasteiger partial charge < -0.3 is 19.7 Å². The number of hydrogen-bond acceptors (Lipinski definition) is 6. The number of rotatable bonds is 10. The first-order valence-electron chi connectivity index (χ1n) is 10.0. The maximum Gasteiger partial charge on any atom is 0.376 e. The third-order valence-electron chi connectivity index (χ3n) is 4.76. The zero-order valence-corrected chi connectivity index (χ0v) is 17.9. The van der Waals surface area contributed by atoms with Gasteiger partial charge in [-0.1, -0.05) is 48.5 Å². The highest BCUT2D eigenvalue weighted by molar-refractivity contribution is 6.38. The van der Waals surface area contributed by atoms with Gasteiger partial charge in [0.05, 0.1) is 0 Å². The van der Waals surface area contributed by atoms with Crippen molar-refractivity contribution >= 4 is 23.3 Å². The number of carboxylic acid groups (broad SMARTS) is 1. The number of aliphatic hydroxyl groups excluding tert-OH is 1. The molecule has 0 saturated heterocycles. The highest BCUT2D eigenvalue weighted by atomic mass is 16.5. The van der Waals surface area contributed by atoms with E-state index in [1.54, 1.807) is 36.4 Å². The molecule has 3 aromatic rings. The Morgan fingerprint density at radius 1 is 0.758 bits per heavy atom. The molecule has 0 aliphatic heterocycles. The third-order valence-corrected chi connectivity index (χ3v) is 4.76. The van der Waals surface area contributed by atoms with Gasteiger partial charge in [-0.05, 0) is 42.3 Å². The largest absolute Gasteiger partial charge is 0.507 e. The van der Waals surface area contributed by atoms with Crippen molar-refractivity contribution in [3.8, 4) is 11.5 Å². The summed E-state index contributed by atoms with van der Waals surface area (Å²) in [6.45, 7) is 2.00. The second kappa shape index (κ2) is 10.8. The van der Waals surface area contributed by atoms with Gasteiger partial charge in [0, 0.05) is 17.2 Å². The monoisotopic (exact) mass is 446 g/mol. The summed E-state index contributed by atoms with van der Waals surface area (Å²) >= 11 is 0. The Bertz CT molecular complexity index is 1210. The molecular weight excluding hydrogens is 424 g/mol. The summed E-state index contributed by atoms with van der Waals surface area (Å²) in [4.78, 5) is 33.5. The molecule has 0 spiro atoms. The SMILES string of the molecule is CC(=O)c1cccc(OCc2ccccc2COc2cccc(/C(O)=C/C(=O)C(=O)O)c2)c1. The number of aliphatic hydroxyl groups is 1. The van der Waals surface area contributed by atoms with Crippen LogP contribution in [0.2, 0.25) is 0 Å². The molecule has 7 nitrogen and oxygen atoms in total. The summed E-state index contributed by atoms with van der Waals surface area (Å²) in [6, 6.07) is 20.9. The number of aliphatic carboxylic acids is 1. The molecule has 0 heterocycles. The number of ketones is 2. The molecule has 0 aromatic heterocycles. The van der Waals surface area contributed by atoms with Crippen LogP contribution in [0.15, 0.2) is 78.9 Å². The van der Waals surface area contributed by atoms with Gasteiger partial charge in [0.2, 0.25) is 0 Å². The first-order valence-corrected chi connectivity index (χ1v) is 10.0. The quantitative estimate of drug-likeness (QED) is 0.203. The van der Waals surface area contributed by atoms with Gasteiger partial charge in [0.1, 0.15) is 30.5 Å². The Balaban J connectivity index is 1.68. The molecule has 0 bridgehead atoms. The molecule has 3 aromatic carbocycles. The molecule has 168 valence electrons. The Hall–Kier alpha value is -4.39. The predicted octanol–water partition coefficient (Wildman–Crippen LogP) is 4.60. The molecular formula is C26H22O7. The van der Waals surface area contributed by atoms with Crippen molar-refractivity contribution < 1.29 is 34.1 Å². The molecule has 7 heteroatoms. The Kier molecular flexibility index (Phi) is 7.60. The first kappa shape index (κ1) is 23.3. The van der Waals surface area contributed by atoms with Crippen molar-refractivity contribution in [1.82, 2.24) is 0 Å². The van der Waals surface area contributed by atoms with E-state index in [1.807, 2.05) is 24.3 Å². The number of hydrogen-bond donors (Lipinski definition) is 2. The van der Waals surface area contributed by atoms with E-state index in [-0.39, 0.29) is 24.6 Å². The molecule has 0 aliphatic rings. The zero-order chi connectivity index (χ0) is 23.8. The molecule has 3 rings (SSSR count). The van der Waals surface area contributed by atoms with E-state index in [0.29, 0.717) is 23.1 Å². The van der Waals surface area contributed by atoms with Gasteiger partial charge in [0.25, 0.3) is 5.78 Å². The van der Waals surface area contributed by atoms with Crippen LogP contribution in [0.3, 0.4) is 0 Å². The summed E-state index contributed by atoms with van der Waals surface area (Å²) in [5, 5.41) is 18.7. The molecule has 33 heavy (non-hydrogen) atoms. The molecule has 0 fully saturated rings. The van der Waals surface area contributed by atoms with Crippen molar-refractivity contribution in [2.24, 2.45) is 0 Å². The van der Waals surface area contributed by atoms with Crippen LogP contribution in [0, 0.1) is 0 Å². The summed E-state index contributed by atoms with van der Waals surface area (Å²) in [7, 11) is 0. The first-order chi connectivity index (χ1) is 15.8. The fourth-order valence-corrected chi connectivity index (χ4v) is 2.98. The maximum absolute atomic E-state index is 11.6. The number of carbonyl (C=O) groups is 3. The molecule has 0 radical (unpaired) electrons. The predicted molar refractivity (Wildman–Crippen MR) is 121 cm³/mol. The van der Waals surface area contributed by atoms with Gasteiger partial charge in [0.15, 0.2) is 5.78 Å². The van der Waals surface area contributed by atoms with Gasteiger partial charge in [-0.2, -0.15) is 0 Å². The lowest BCUT2D eigenvalue weighted by molar-refractivity contribution is -0.146. The van der Waals surface area contributed by atoms with Crippen LogP contribution in [0.1, 0.15) is 34.0 Å². The minimum absolute atomic E-state index is 0.0373. The zero-order valence-electron chi connectivity index (χ0n) is 17.9. The Morgan fingerprint density at radius 2 is 1.27 bits per heavy atom. The highest BCUT2D eigenvalue weighted by Crippen LogP contribution is 2.22. The van der Waals surface area contributed by atoms with Crippen molar-refractivity contribution in [2.75, 3.05) is 0 Å². The van der Waals surface area contributed by atoms with Crippen LogP contribution in [0.5, 0.6) is 11.5 Å². The van der Waals surface area contributed by atoms with Crippen molar-refractivity contribution in [1.29, 1.82) is 0 Å². The number of carboxylic acids is 1. The lowest BCUT2D eigenvalue weighted by atomic mass is 10.1. The fraction of sp³-hybridized carbons (Fsp3) is 0.115. The van der Waals surface area contributed by atoms with E-state index in [0.717, 1.165) is 11.1 Å². The van der Waals surface area contributed by atoms with E-state index in [9.17, 15) is 19.5 Å². The van der Waals surface area contributed by atoms with Crippen LogP contribution in [0.4, 0.5) is 0 Å². The normalized spacial score (nSPS) is 11.0. The Morgan fingerprint density at radius 3 is 1.79 bits per heavy atom. The maximum atomic E-state index is 11.6. The Labute approximate surface area is 190 Å². The van der Waals surface area contributed by atoms with Crippen molar-refractivity contribution in [3.05, 3.63) is 101 Å². The second-order valence-electron chi connectivity index (χ2n) is 7.16. The summed E-state index contributed by atoms with van der Waals surface area (Å²) in [5.41, 5.74) is 2.61. The minimum atomic E-state index is -1.65. The number of carbonyl (C=O) groups excluding carboxylic acids is 2. The standard InChI is InChI=1S/C26H22O7/c1-17(27)18-8-4-10-22(12-18)32-15-20-6-2-3-7-21(20)16-33-23-11-5-9-19(13-23)24(28)14-25(29)26(30)31/h2-14,28H,15-16H2,1H3,(H,30,31)/b24-14-. The van der Waals surface area contributed by atoms with Crippen LogP contribution in [-0.4, -0.2) is 27.7 Å². The van der Waals surface area contributed by atoms with Crippen LogP contribution < -0.4 is 9.47 Å². The third kappa shape index (κ3) is 6.54. The van der Waals surface area contributed by atoms with Crippen LogP contribution in [0.25, 0.3) is 5.76 Å². The van der Waals surface area contributed by atoms with E-state index < -0.39 is 17.5 Å². The van der Waals surface area contributed by atoms with E-state index >= 15 is 0 Å². The number of benzene rings is 3. The molecule has 0 atom stereocenters. The van der Waals surface area contributed by atoms with E-state index in [1.165, 1.54) is 19.1 Å². The summed E-state index contributed by atoms with van der Waals surface area (Å²) in [5.74, 6) is -2.36. The van der Waals surface area contributed by atoms with Gasteiger partial charge in [-0.3, -0.25) is 9.59 Å². The number of ether oxygens (including phenoxy) is 2. The lowest BCUT2D eigenvalue weighted by Gasteiger charge is -2.13. The number of Topliss-reactive ketones (excluding diaryl/α,β-unsaturated/α-hetero) is 1. The highest BCUT2D eigenvalue weighted by Gasteiger charge is 2.11. The van der Waals surface area contributed by atoms with Gasteiger partial charge in [-0.15, -0.1) is 0 Å². The minimum Gasteiger partial charge on any atom is -0.507 e. The van der Waals surface area contributed by atoms with Crippen molar-refractivity contribution in [2.45, 2.75) is 20.1 Å². The molecule has 0 saturated carbocycles. The second-order valence-corrected chi connectivity index (χ2v) is 7.16. The van der Waals surface area contributed by atoms with E-state index in [2.05, 4.69) is 0 Å². The lowest BCUT2D eigenvalue weighted by Crippen LogP contribution is -2.09. The van der Waals surface area contributed by atoms with Crippen LogP contribution in [-0.2, 0) is 22.8 Å². The topological polar surface area (TPSA) is 110 Å². The van der Waals surface area contributed by atoms with Gasteiger partial charge >= 0.3 is 5.97 Å². The van der Waals surface area contributed by atoms with Crippen LogP contribution >= 0.6 is 0 Å². The molecule has 0 aliphatic carbocycles. The molecule has 0 amide bonds. The summed E-state index contributed by atoms with van der Waals surface area (Å²) < 4.78 is 11.7. The average molecular weight is 446 g/mol. The van der Waals surface area contributed by atoms with Crippen molar-refractivity contribution in [3.63, 3.8) is 0 Å². The molecule has 0 unspecified atom stereocenters. The molecule has 2 N–H and O–H groups in total. The average Bonchev–Trinajstić information content (AvgIpc) is 2.82. The smallest absolute Gasteiger partial charge is 0.376 e.